The number of amides is 3. The van der Waals surface area contributed by atoms with Crippen LogP contribution < -0.4 is 16.4 Å². The Hall–Kier alpha value is -2.54. The predicted octanol–water partition coefficient (Wildman–Crippen LogP) is 3.28. The fourth-order valence-corrected chi connectivity index (χ4v) is 3.80. The molecule has 3 amide bonds. The van der Waals surface area contributed by atoms with Crippen LogP contribution in [0.25, 0.3) is 0 Å². The SMILES string of the molecule is NC(=O)Nc1cccc(C(=O)N[C@H]2CCSc3c(F)cccc32)c1. The average Bonchev–Trinajstić information content (AvgIpc) is 2.55. The molecule has 2 aromatic rings. The molecule has 2 aromatic carbocycles. The van der Waals surface area contributed by atoms with Crippen molar-refractivity contribution in [2.45, 2.75) is 17.4 Å². The minimum absolute atomic E-state index is 0.239. The van der Waals surface area contributed by atoms with E-state index in [9.17, 15) is 14.0 Å². The van der Waals surface area contributed by atoms with Crippen LogP contribution in [0.2, 0.25) is 0 Å². The number of fused-ring (bicyclic) bond motifs is 1. The second kappa shape index (κ2) is 6.92. The lowest BCUT2D eigenvalue weighted by molar-refractivity contribution is 0.0934. The van der Waals surface area contributed by atoms with Gasteiger partial charge in [0.15, 0.2) is 0 Å². The van der Waals surface area contributed by atoms with E-state index in [-0.39, 0.29) is 17.8 Å². The van der Waals surface area contributed by atoms with Crippen LogP contribution in [0.4, 0.5) is 14.9 Å². The minimum Gasteiger partial charge on any atom is -0.351 e. The molecule has 124 valence electrons. The molecule has 0 saturated carbocycles. The Kier molecular flexibility index (Phi) is 4.71. The largest absolute Gasteiger partial charge is 0.351 e. The monoisotopic (exact) mass is 345 g/mol. The Morgan fingerprint density at radius 2 is 2.00 bits per heavy atom. The van der Waals surface area contributed by atoms with Crippen LogP contribution in [0.15, 0.2) is 47.4 Å². The Morgan fingerprint density at radius 1 is 1.21 bits per heavy atom. The summed E-state index contributed by atoms with van der Waals surface area (Å²) in [5.41, 5.74) is 6.72. The number of nitrogens with two attached hydrogens (primary N) is 1. The van der Waals surface area contributed by atoms with E-state index < -0.39 is 6.03 Å². The minimum atomic E-state index is -0.693. The summed E-state index contributed by atoms with van der Waals surface area (Å²) in [6.07, 6.45) is 0.728. The van der Waals surface area contributed by atoms with E-state index >= 15 is 0 Å². The number of rotatable bonds is 3. The maximum atomic E-state index is 13.9. The molecule has 0 unspecified atom stereocenters. The molecular formula is C17H16FN3O2S. The molecule has 0 radical (unpaired) electrons. The summed E-state index contributed by atoms with van der Waals surface area (Å²) in [7, 11) is 0. The zero-order valence-electron chi connectivity index (χ0n) is 12.7. The van der Waals surface area contributed by atoms with Gasteiger partial charge in [-0.3, -0.25) is 4.79 Å². The molecule has 0 saturated heterocycles. The summed E-state index contributed by atoms with van der Waals surface area (Å²) in [4.78, 5) is 24.0. The molecule has 24 heavy (non-hydrogen) atoms. The van der Waals surface area contributed by atoms with E-state index in [1.807, 2.05) is 6.07 Å². The number of carbonyl (C=O) groups excluding carboxylic acids is 2. The van der Waals surface area contributed by atoms with Crippen LogP contribution in [0.5, 0.6) is 0 Å². The normalized spacial score (nSPS) is 16.1. The second-order valence-corrected chi connectivity index (χ2v) is 6.50. The van der Waals surface area contributed by atoms with Crippen LogP contribution in [-0.2, 0) is 0 Å². The van der Waals surface area contributed by atoms with Gasteiger partial charge in [0.25, 0.3) is 5.91 Å². The van der Waals surface area contributed by atoms with E-state index in [0.29, 0.717) is 16.1 Å². The highest BCUT2D eigenvalue weighted by molar-refractivity contribution is 7.99. The first-order valence-corrected chi connectivity index (χ1v) is 8.42. The van der Waals surface area contributed by atoms with Crippen LogP contribution in [-0.4, -0.2) is 17.7 Å². The first-order chi connectivity index (χ1) is 11.5. The van der Waals surface area contributed by atoms with E-state index in [2.05, 4.69) is 10.6 Å². The first-order valence-electron chi connectivity index (χ1n) is 7.43. The Bertz CT molecular complexity index is 797. The molecule has 0 fully saturated rings. The number of thioether (sulfide) groups is 1. The van der Waals surface area contributed by atoms with Crippen LogP contribution >= 0.6 is 11.8 Å². The van der Waals surface area contributed by atoms with Gasteiger partial charge in [-0.05, 0) is 36.2 Å². The summed E-state index contributed by atoms with van der Waals surface area (Å²) >= 11 is 1.46. The van der Waals surface area contributed by atoms with Crippen molar-refractivity contribution in [3.8, 4) is 0 Å². The number of carbonyl (C=O) groups is 2. The van der Waals surface area contributed by atoms with Gasteiger partial charge in [0, 0.05) is 21.9 Å². The number of urea groups is 1. The highest BCUT2D eigenvalue weighted by atomic mass is 32.2. The van der Waals surface area contributed by atoms with Crippen molar-refractivity contribution in [3.63, 3.8) is 0 Å². The van der Waals surface area contributed by atoms with Crippen molar-refractivity contribution in [1.29, 1.82) is 0 Å². The van der Waals surface area contributed by atoms with Gasteiger partial charge in [0.2, 0.25) is 0 Å². The fourth-order valence-electron chi connectivity index (χ4n) is 2.66. The number of hydrogen-bond acceptors (Lipinski definition) is 3. The molecule has 1 heterocycles. The van der Waals surface area contributed by atoms with Crippen LogP contribution in [0.3, 0.4) is 0 Å². The van der Waals surface area contributed by atoms with Crippen molar-refractivity contribution >= 4 is 29.4 Å². The Morgan fingerprint density at radius 3 is 2.79 bits per heavy atom. The van der Waals surface area contributed by atoms with Crippen molar-refractivity contribution in [2.75, 3.05) is 11.1 Å². The van der Waals surface area contributed by atoms with Gasteiger partial charge < -0.3 is 16.4 Å². The highest BCUT2D eigenvalue weighted by Gasteiger charge is 2.24. The van der Waals surface area contributed by atoms with Crippen molar-refractivity contribution < 1.29 is 14.0 Å². The molecule has 1 aliphatic rings. The van der Waals surface area contributed by atoms with Gasteiger partial charge in [-0.2, -0.15) is 0 Å². The summed E-state index contributed by atoms with van der Waals surface area (Å²) in [6.45, 7) is 0. The third kappa shape index (κ3) is 3.51. The zero-order chi connectivity index (χ0) is 17.1. The smallest absolute Gasteiger partial charge is 0.316 e. The van der Waals surface area contributed by atoms with Gasteiger partial charge in [-0.25, -0.2) is 9.18 Å². The van der Waals surface area contributed by atoms with Crippen molar-refractivity contribution in [3.05, 3.63) is 59.4 Å². The number of benzene rings is 2. The number of hydrogen-bond donors (Lipinski definition) is 3. The molecule has 0 aliphatic carbocycles. The standard InChI is InChI=1S/C17H16FN3O2S/c18-13-6-2-5-12-14(7-8-24-15(12)13)21-16(22)10-3-1-4-11(9-10)20-17(19)23/h1-6,9,14H,7-8H2,(H,21,22)(H3,19,20,23)/t14-/m0/s1. The van der Waals surface area contributed by atoms with E-state index in [1.165, 1.54) is 17.8 Å². The topological polar surface area (TPSA) is 84.2 Å². The molecule has 5 nitrogen and oxygen atoms in total. The molecular weight excluding hydrogens is 329 g/mol. The van der Waals surface area contributed by atoms with E-state index in [0.717, 1.165) is 17.7 Å². The molecule has 1 atom stereocenters. The van der Waals surface area contributed by atoms with E-state index in [1.54, 1.807) is 30.3 Å². The first kappa shape index (κ1) is 16.3. The number of anilines is 1. The fraction of sp³-hybridized carbons (Fsp3) is 0.176. The maximum Gasteiger partial charge on any atom is 0.316 e. The molecule has 3 rings (SSSR count). The quantitative estimate of drug-likeness (QED) is 0.798. The van der Waals surface area contributed by atoms with Gasteiger partial charge in [0.05, 0.1) is 6.04 Å². The second-order valence-electron chi connectivity index (χ2n) is 5.39. The third-order valence-corrected chi connectivity index (χ3v) is 4.88. The van der Waals surface area contributed by atoms with Gasteiger partial charge in [-0.1, -0.05) is 18.2 Å². The highest BCUT2D eigenvalue weighted by Crippen LogP contribution is 2.37. The number of nitrogens with one attached hydrogen (secondary N) is 2. The zero-order valence-corrected chi connectivity index (χ0v) is 13.5. The van der Waals surface area contributed by atoms with Crippen LogP contribution in [0, 0.1) is 5.82 Å². The van der Waals surface area contributed by atoms with Gasteiger partial charge in [-0.15, -0.1) is 11.8 Å². The summed E-state index contributed by atoms with van der Waals surface area (Å²) in [5.74, 6) is 0.196. The number of halogens is 1. The lowest BCUT2D eigenvalue weighted by atomic mass is 10.0. The third-order valence-electron chi connectivity index (χ3n) is 3.72. The Balaban J connectivity index is 1.79. The number of primary amides is 1. The van der Waals surface area contributed by atoms with Crippen LogP contribution in [0.1, 0.15) is 28.4 Å². The van der Waals surface area contributed by atoms with Crippen molar-refractivity contribution in [2.24, 2.45) is 5.73 Å². The lowest BCUT2D eigenvalue weighted by Crippen LogP contribution is -2.31. The molecule has 0 spiro atoms. The van der Waals surface area contributed by atoms with Gasteiger partial charge in [0.1, 0.15) is 5.82 Å². The predicted molar refractivity (Wildman–Crippen MR) is 91.6 cm³/mol. The average molecular weight is 345 g/mol. The lowest BCUT2D eigenvalue weighted by Gasteiger charge is -2.26. The molecule has 0 aromatic heterocycles. The summed E-state index contributed by atoms with van der Waals surface area (Å²) < 4.78 is 13.9. The molecule has 7 heteroatoms. The van der Waals surface area contributed by atoms with Crippen molar-refractivity contribution in [1.82, 2.24) is 5.32 Å². The maximum absolute atomic E-state index is 13.9. The summed E-state index contributed by atoms with van der Waals surface area (Å²) in [6, 6.07) is 10.5. The molecule has 4 N–H and O–H groups in total. The van der Waals surface area contributed by atoms with Gasteiger partial charge >= 0.3 is 6.03 Å². The summed E-state index contributed by atoms with van der Waals surface area (Å²) in [5, 5.41) is 5.37. The van der Waals surface area contributed by atoms with E-state index in [4.69, 9.17) is 5.73 Å². The Labute approximate surface area is 142 Å². The molecule has 1 aliphatic heterocycles. The molecule has 0 bridgehead atoms.